The number of halogens is 1. The predicted molar refractivity (Wildman–Crippen MR) is 115 cm³/mol. The molecule has 2 aliphatic rings. The fourth-order valence-electron chi connectivity index (χ4n) is 3.45. The molecule has 6 nitrogen and oxygen atoms in total. The van der Waals surface area contributed by atoms with Crippen LogP contribution in [0.3, 0.4) is 0 Å². The van der Waals surface area contributed by atoms with Crippen LogP contribution in [-0.2, 0) is 24.5 Å². The zero-order valence-corrected chi connectivity index (χ0v) is 17.8. The number of ether oxygens (including phenoxy) is 2. The molecule has 0 saturated carbocycles. The Labute approximate surface area is 177 Å². The smallest absolute Gasteiger partial charge is 0.213 e. The molecule has 2 aromatic rings. The van der Waals surface area contributed by atoms with E-state index in [2.05, 4.69) is 38.4 Å². The molecule has 144 valence electrons. The molecule has 1 aromatic heterocycles. The van der Waals surface area contributed by atoms with Crippen LogP contribution in [0, 0.1) is 0 Å². The molecule has 1 aromatic carbocycles. The number of benzene rings is 1. The van der Waals surface area contributed by atoms with Gasteiger partial charge in [-0.25, -0.2) is 4.98 Å². The molecule has 1 fully saturated rings. The first-order valence-corrected chi connectivity index (χ1v) is 9.03. The number of likely N-dealkylation sites (tertiary alicyclic amines) is 1. The topological polar surface area (TPSA) is 59.0 Å². The molecule has 1 atom stereocenters. The highest BCUT2D eigenvalue weighted by Crippen LogP contribution is 2.21. The van der Waals surface area contributed by atoms with Crippen molar-refractivity contribution in [2.24, 2.45) is 4.99 Å². The van der Waals surface area contributed by atoms with Crippen molar-refractivity contribution in [2.45, 2.75) is 32.3 Å². The highest BCUT2D eigenvalue weighted by Gasteiger charge is 2.26. The van der Waals surface area contributed by atoms with E-state index in [9.17, 15) is 0 Å². The van der Waals surface area contributed by atoms with Gasteiger partial charge in [-0.15, -0.1) is 24.0 Å². The quantitative estimate of drug-likeness (QED) is 0.415. The number of guanidine groups is 1. The lowest BCUT2D eigenvalue weighted by atomic mass is 10.1. The number of aliphatic imine (C=N–C) groups is 1. The predicted octanol–water partition coefficient (Wildman–Crippen LogP) is 2.96. The lowest BCUT2D eigenvalue weighted by Crippen LogP contribution is -2.40. The summed E-state index contributed by atoms with van der Waals surface area (Å²) in [5.41, 5.74) is 3.84. The van der Waals surface area contributed by atoms with E-state index in [1.807, 2.05) is 25.2 Å². The average molecular weight is 480 g/mol. The van der Waals surface area contributed by atoms with E-state index in [-0.39, 0.29) is 30.1 Å². The fraction of sp³-hybridized carbons (Fsp3) is 0.400. The SMILES string of the molecule is CN=C(NCc1ccc2c(c1)COC2)N1CCC(Oc2ccccn2)C1.I. The molecule has 1 unspecified atom stereocenters. The fourth-order valence-corrected chi connectivity index (χ4v) is 3.45. The monoisotopic (exact) mass is 480 g/mol. The van der Waals surface area contributed by atoms with Crippen molar-refractivity contribution in [3.63, 3.8) is 0 Å². The van der Waals surface area contributed by atoms with E-state index in [0.717, 1.165) is 45.2 Å². The number of fused-ring (bicyclic) bond motifs is 1. The molecule has 1 N–H and O–H groups in total. The van der Waals surface area contributed by atoms with Gasteiger partial charge in [0.2, 0.25) is 5.88 Å². The van der Waals surface area contributed by atoms with Gasteiger partial charge >= 0.3 is 0 Å². The van der Waals surface area contributed by atoms with Crippen LogP contribution < -0.4 is 10.1 Å². The Balaban J connectivity index is 0.00000210. The first-order chi connectivity index (χ1) is 12.8. The Bertz CT molecular complexity index is 785. The van der Waals surface area contributed by atoms with Crippen LogP contribution in [0.4, 0.5) is 0 Å². The van der Waals surface area contributed by atoms with Crippen LogP contribution in [-0.4, -0.2) is 42.1 Å². The molecule has 0 spiro atoms. The van der Waals surface area contributed by atoms with Crippen molar-refractivity contribution in [1.82, 2.24) is 15.2 Å². The highest BCUT2D eigenvalue weighted by molar-refractivity contribution is 14.0. The summed E-state index contributed by atoms with van der Waals surface area (Å²) in [6, 6.07) is 12.3. The minimum Gasteiger partial charge on any atom is -0.472 e. The number of hydrogen-bond acceptors (Lipinski definition) is 4. The molecule has 2 aliphatic heterocycles. The van der Waals surface area contributed by atoms with Crippen LogP contribution in [0.25, 0.3) is 0 Å². The normalized spacial score (nSPS) is 18.8. The van der Waals surface area contributed by atoms with Crippen LogP contribution >= 0.6 is 24.0 Å². The van der Waals surface area contributed by atoms with Crippen molar-refractivity contribution >= 4 is 29.9 Å². The van der Waals surface area contributed by atoms with E-state index >= 15 is 0 Å². The summed E-state index contributed by atoms with van der Waals surface area (Å²) in [7, 11) is 1.83. The summed E-state index contributed by atoms with van der Waals surface area (Å²) in [5, 5.41) is 3.47. The van der Waals surface area contributed by atoms with Crippen molar-refractivity contribution in [3.8, 4) is 5.88 Å². The number of rotatable bonds is 4. The van der Waals surface area contributed by atoms with E-state index in [1.54, 1.807) is 6.20 Å². The number of aromatic nitrogens is 1. The summed E-state index contributed by atoms with van der Waals surface area (Å²) >= 11 is 0. The third kappa shape index (κ3) is 4.90. The first-order valence-electron chi connectivity index (χ1n) is 9.03. The molecule has 1 saturated heterocycles. The summed E-state index contributed by atoms with van der Waals surface area (Å²) in [6.45, 7) is 3.94. The Hall–Kier alpha value is -1.87. The van der Waals surface area contributed by atoms with Crippen molar-refractivity contribution in [3.05, 3.63) is 59.3 Å². The lowest BCUT2D eigenvalue weighted by Gasteiger charge is -2.21. The van der Waals surface area contributed by atoms with Crippen LogP contribution in [0.5, 0.6) is 5.88 Å². The molecule has 0 bridgehead atoms. The molecular formula is C20H25IN4O2. The first kappa shape index (κ1) is 19.9. The highest BCUT2D eigenvalue weighted by atomic mass is 127. The van der Waals surface area contributed by atoms with Gasteiger partial charge in [0.1, 0.15) is 6.10 Å². The maximum absolute atomic E-state index is 5.96. The van der Waals surface area contributed by atoms with Gasteiger partial charge in [0.25, 0.3) is 0 Å². The number of hydrogen-bond donors (Lipinski definition) is 1. The van der Waals surface area contributed by atoms with Gasteiger partial charge in [-0.1, -0.05) is 24.3 Å². The number of pyridine rings is 1. The Morgan fingerprint density at radius 3 is 3.00 bits per heavy atom. The lowest BCUT2D eigenvalue weighted by molar-refractivity contribution is 0.134. The van der Waals surface area contributed by atoms with Gasteiger partial charge in [0, 0.05) is 38.8 Å². The second kappa shape index (κ2) is 9.36. The van der Waals surface area contributed by atoms with Crippen LogP contribution in [0.1, 0.15) is 23.1 Å². The Morgan fingerprint density at radius 1 is 1.30 bits per heavy atom. The maximum Gasteiger partial charge on any atom is 0.213 e. The standard InChI is InChI=1S/C20H24N4O2.HI/c1-21-20(23-11-15-5-6-16-13-25-14-17(16)10-15)24-9-7-18(12-24)26-19-4-2-3-8-22-19;/h2-6,8,10,18H,7,9,11-14H2,1H3,(H,21,23);1H. The number of nitrogens with zero attached hydrogens (tertiary/aromatic N) is 3. The van der Waals surface area contributed by atoms with Crippen molar-refractivity contribution in [2.75, 3.05) is 20.1 Å². The van der Waals surface area contributed by atoms with E-state index in [4.69, 9.17) is 9.47 Å². The summed E-state index contributed by atoms with van der Waals surface area (Å²) in [5.74, 6) is 1.59. The summed E-state index contributed by atoms with van der Waals surface area (Å²) < 4.78 is 11.5. The number of nitrogens with one attached hydrogen (secondary N) is 1. The van der Waals surface area contributed by atoms with Crippen LogP contribution in [0.2, 0.25) is 0 Å². The Morgan fingerprint density at radius 2 is 2.19 bits per heavy atom. The van der Waals surface area contributed by atoms with Gasteiger partial charge in [-0.05, 0) is 22.8 Å². The second-order valence-corrected chi connectivity index (χ2v) is 6.64. The van der Waals surface area contributed by atoms with Gasteiger partial charge in [-0.3, -0.25) is 4.99 Å². The molecule has 0 radical (unpaired) electrons. The zero-order chi connectivity index (χ0) is 17.8. The van der Waals surface area contributed by atoms with Gasteiger partial charge in [0.05, 0.1) is 19.8 Å². The third-order valence-electron chi connectivity index (χ3n) is 4.82. The van der Waals surface area contributed by atoms with Crippen molar-refractivity contribution in [1.29, 1.82) is 0 Å². The molecular weight excluding hydrogens is 455 g/mol. The van der Waals surface area contributed by atoms with Gasteiger partial charge < -0.3 is 19.7 Å². The average Bonchev–Trinajstić information content (AvgIpc) is 3.32. The molecule has 3 heterocycles. The van der Waals surface area contributed by atoms with E-state index in [1.165, 1.54) is 16.7 Å². The largest absolute Gasteiger partial charge is 0.472 e. The summed E-state index contributed by atoms with van der Waals surface area (Å²) in [6.07, 6.45) is 2.86. The van der Waals surface area contributed by atoms with Crippen molar-refractivity contribution < 1.29 is 9.47 Å². The van der Waals surface area contributed by atoms with Gasteiger partial charge in [0.15, 0.2) is 5.96 Å². The van der Waals surface area contributed by atoms with E-state index < -0.39 is 0 Å². The molecule has 4 rings (SSSR count). The minimum absolute atomic E-state index is 0. The maximum atomic E-state index is 5.96. The third-order valence-corrected chi connectivity index (χ3v) is 4.82. The van der Waals surface area contributed by atoms with Crippen LogP contribution in [0.15, 0.2) is 47.6 Å². The van der Waals surface area contributed by atoms with Gasteiger partial charge in [-0.2, -0.15) is 0 Å². The summed E-state index contributed by atoms with van der Waals surface area (Å²) in [4.78, 5) is 10.9. The minimum atomic E-state index is 0. The zero-order valence-electron chi connectivity index (χ0n) is 15.4. The Kier molecular flexibility index (Phi) is 6.89. The molecule has 0 amide bonds. The molecule has 27 heavy (non-hydrogen) atoms. The second-order valence-electron chi connectivity index (χ2n) is 6.64. The van der Waals surface area contributed by atoms with E-state index in [0.29, 0.717) is 5.88 Å². The molecule has 7 heteroatoms. The molecule has 0 aliphatic carbocycles.